The quantitative estimate of drug-likeness (QED) is 0.490. The first-order valence-corrected chi connectivity index (χ1v) is 10.6. The molecule has 0 bridgehead atoms. The Hall–Kier alpha value is -3.44. The highest BCUT2D eigenvalue weighted by Gasteiger charge is 2.31. The van der Waals surface area contributed by atoms with Crippen molar-refractivity contribution in [2.24, 2.45) is 0 Å². The van der Waals surface area contributed by atoms with Gasteiger partial charge >= 0.3 is 11.8 Å². The second-order valence-electron chi connectivity index (χ2n) is 8.02. The van der Waals surface area contributed by atoms with E-state index in [1.807, 2.05) is 0 Å². The van der Waals surface area contributed by atoms with Gasteiger partial charge in [-0.05, 0) is 26.0 Å². The molecule has 3 amide bonds. The number of carbonyl (C=O) groups is 3. The summed E-state index contributed by atoms with van der Waals surface area (Å²) < 4.78 is 15.9. The van der Waals surface area contributed by atoms with Gasteiger partial charge in [-0.3, -0.25) is 19.3 Å². The average molecular weight is 460 g/mol. The van der Waals surface area contributed by atoms with Crippen LogP contribution in [0.15, 0.2) is 35.2 Å². The first kappa shape index (κ1) is 24.2. The third-order valence-electron chi connectivity index (χ3n) is 5.17. The molecule has 1 fully saturated rings. The van der Waals surface area contributed by atoms with Crippen molar-refractivity contribution < 1.29 is 28.3 Å². The summed E-state index contributed by atoms with van der Waals surface area (Å²) in [5, 5.41) is 7.79. The summed E-state index contributed by atoms with van der Waals surface area (Å²) in [6.45, 7) is 7.20. The normalized spacial score (nSPS) is 14.4. The number of aromatic nitrogens is 1. The fraction of sp³-hybridized carbons (Fsp3) is 0.455. The van der Waals surface area contributed by atoms with Crippen LogP contribution in [0.2, 0.25) is 0 Å². The zero-order valence-corrected chi connectivity index (χ0v) is 19.0. The summed E-state index contributed by atoms with van der Waals surface area (Å²) in [5.41, 5.74) is -0.275. The number of oxazole rings is 1. The van der Waals surface area contributed by atoms with Gasteiger partial charge in [0.1, 0.15) is 11.3 Å². The van der Waals surface area contributed by atoms with Crippen molar-refractivity contribution in [1.82, 2.24) is 20.5 Å². The van der Waals surface area contributed by atoms with Crippen LogP contribution in [0.3, 0.4) is 0 Å². The predicted molar refractivity (Wildman–Crippen MR) is 120 cm³/mol. The number of hydrogen-bond acceptors (Lipinski definition) is 8. The molecule has 33 heavy (non-hydrogen) atoms. The molecular formula is C22H29N5O6. The molecule has 0 radical (unpaired) electrons. The molecule has 0 unspecified atom stereocenters. The molecule has 1 aromatic heterocycles. The topological polar surface area (TPSA) is 135 Å². The van der Waals surface area contributed by atoms with Gasteiger partial charge in [-0.2, -0.15) is 0 Å². The summed E-state index contributed by atoms with van der Waals surface area (Å²) in [6.07, 6.45) is 2.84. The molecule has 0 spiro atoms. The van der Waals surface area contributed by atoms with Crippen LogP contribution in [0.5, 0.6) is 5.75 Å². The largest absolute Gasteiger partial charge is 0.496 e. The number of anilines is 1. The van der Waals surface area contributed by atoms with Crippen LogP contribution < -0.4 is 20.7 Å². The Kier molecular flexibility index (Phi) is 8.01. The van der Waals surface area contributed by atoms with Gasteiger partial charge in [0, 0.05) is 37.9 Å². The van der Waals surface area contributed by atoms with Crippen LogP contribution in [0.1, 0.15) is 13.8 Å². The van der Waals surface area contributed by atoms with Gasteiger partial charge in [0.15, 0.2) is 12.2 Å². The molecule has 3 N–H and O–H groups in total. The van der Waals surface area contributed by atoms with E-state index in [4.69, 9.17) is 13.9 Å². The number of rotatable bonds is 8. The third kappa shape index (κ3) is 6.53. The molecule has 0 aliphatic carbocycles. The Morgan fingerprint density at radius 1 is 1.18 bits per heavy atom. The van der Waals surface area contributed by atoms with E-state index in [9.17, 15) is 14.4 Å². The molecule has 1 saturated heterocycles. The van der Waals surface area contributed by atoms with Gasteiger partial charge in [0.05, 0.1) is 32.1 Å². The lowest BCUT2D eigenvalue weighted by atomic mass is 10.0. The lowest BCUT2D eigenvalue weighted by Crippen LogP contribution is -2.57. The molecule has 178 valence electrons. The minimum atomic E-state index is -1.27. The van der Waals surface area contributed by atoms with Gasteiger partial charge in [0.2, 0.25) is 5.91 Å². The number of ether oxygens (including phenoxy) is 2. The van der Waals surface area contributed by atoms with Crippen molar-refractivity contribution in [2.75, 3.05) is 51.8 Å². The van der Waals surface area contributed by atoms with Crippen molar-refractivity contribution in [3.05, 3.63) is 30.8 Å². The van der Waals surface area contributed by atoms with Crippen LogP contribution in [-0.4, -0.2) is 79.6 Å². The molecule has 2 aromatic rings. The van der Waals surface area contributed by atoms with Crippen LogP contribution >= 0.6 is 0 Å². The monoisotopic (exact) mass is 459 g/mol. The van der Waals surface area contributed by atoms with E-state index in [0.717, 1.165) is 13.1 Å². The van der Waals surface area contributed by atoms with Gasteiger partial charge in [-0.15, -0.1) is 0 Å². The standard InChI is InChI=1S/C22H29N5O6/c1-22(2,21(30)24-6-7-27-8-10-32-11-9-27)26-20(29)19(28)25-15-4-5-16(17(12-15)31-3)18-13-23-14-33-18/h4-5,12-14H,6-11H2,1-3H3,(H,24,30)(H,25,28)(H,26,29). The Morgan fingerprint density at radius 3 is 2.61 bits per heavy atom. The first-order valence-electron chi connectivity index (χ1n) is 10.6. The molecule has 1 aromatic carbocycles. The molecule has 3 rings (SSSR count). The van der Waals surface area contributed by atoms with E-state index in [2.05, 4.69) is 25.8 Å². The Morgan fingerprint density at radius 2 is 1.94 bits per heavy atom. The van der Waals surface area contributed by atoms with Gasteiger partial charge in [-0.25, -0.2) is 4.98 Å². The van der Waals surface area contributed by atoms with Crippen LogP contribution in [0.4, 0.5) is 5.69 Å². The zero-order chi connectivity index (χ0) is 23.8. The maximum Gasteiger partial charge on any atom is 0.313 e. The van der Waals surface area contributed by atoms with Crippen molar-refractivity contribution >= 4 is 23.4 Å². The Bertz CT molecular complexity index is 970. The second kappa shape index (κ2) is 10.9. The number of morpholine rings is 1. The maximum absolute atomic E-state index is 12.5. The maximum atomic E-state index is 12.5. The highest BCUT2D eigenvalue weighted by Crippen LogP contribution is 2.32. The number of nitrogens with one attached hydrogen (secondary N) is 3. The van der Waals surface area contributed by atoms with Gasteiger partial charge in [0.25, 0.3) is 0 Å². The van der Waals surface area contributed by atoms with E-state index < -0.39 is 17.4 Å². The predicted octanol–water partition coefficient (Wildman–Crippen LogP) is 0.632. The van der Waals surface area contributed by atoms with E-state index in [1.54, 1.807) is 18.2 Å². The molecule has 11 heteroatoms. The number of benzene rings is 1. The Balaban J connectivity index is 1.52. The second-order valence-corrected chi connectivity index (χ2v) is 8.02. The van der Waals surface area contributed by atoms with Crippen molar-refractivity contribution in [3.63, 3.8) is 0 Å². The van der Waals surface area contributed by atoms with E-state index >= 15 is 0 Å². The molecule has 1 aliphatic rings. The van der Waals surface area contributed by atoms with Crippen molar-refractivity contribution in [3.8, 4) is 17.1 Å². The van der Waals surface area contributed by atoms with Crippen LogP contribution in [0.25, 0.3) is 11.3 Å². The fourth-order valence-corrected chi connectivity index (χ4v) is 3.28. The fourth-order valence-electron chi connectivity index (χ4n) is 3.28. The highest BCUT2D eigenvalue weighted by molar-refractivity contribution is 6.40. The number of nitrogens with zero attached hydrogens (tertiary/aromatic N) is 2. The van der Waals surface area contributed by atoms with Crippen molar-refractivity contribution in [2.45, 2.75) is 19.4 Å². The summed E-state index contributed by atoms with van der Waals surface area (Å²) in [5.74, 6) is -1.27. The summed E-state index contributed by atoms with van der Waals surface area (Å²) in [6, 6.07) is 4.85. The molecule has 0 saturated carbocycles. The van der Waals surface area contributed by atoms with Crippen LogP contribution in [0, 0.1) is 0 Å². The first-order chi connectivity index (χ1) is 15.8. The molecule has 2 heterocycles. The minimum Gasteiger partial charge on any atom is -0.496 e. The molecular weight excluding hydrogens is 430 g/mol. The van der Waals surface area contributed by atoms with Gasteiger partial charge < -0.3 is 29.8 Å². The Labute approximate surface area is 191 Å². The SMILES string of the molecule is COc1cc(NC(=O)C(=O)NC(C)(C)C(=O)NCCN2CCOCC2)ccc1-c1cnco1. The van der Waals surface area contributed by atoms with Crippen LogP contribution in [-0.2, 0) is 19.1 Å². The number of carbonyl (C=O) groups excluding carboxylic acids is 3. The summed E-state index contributed by atoms with van der Waals surface area (Å²) in [7, 11) is 1.48. The highest BCUT2D eigenvalue weighted by atomic mass is 16.5. The lowest BCUT2D eigenvalue weighted by Gasteiger charge is -2.28. The number of methoxy groups -OCH3 is 1. The smallest absolute Gasteiger partial charge is 0.313 e. The molecule has 1 aliphatic heterocycles. The minimum absolute atomic E-state index is 0.350. The summed E-state index contributed by atoms with van der Waals surface area (Å²) in [4.78, 5) is 43.4. The number of hydrogen-bond donors (Lipinski definition) is 3. The average Bonchev–Trinajstić information content (AvgIpc) is 3.34. The van der Waals surface area contributed by atoms with Gasteiger partial charge in [-0.1, -0.05) is 0 Å². The lowest BCUT2D eigenvalue weighted by molar-refractivity contribution is -0.139. The van der Waals surface area contributed by atoms with Crippen molar-refractivity contribution in [1.29, 1.82) is 0 Å². The number of amides is 3. The van der Waals surface area contributed by atoms with E-state index in [-0.39, 0.29) is 5.91 Å². The van der Waals surface area contributed by atoms with E-state index in [1.165, 1.54) is 33.5 Å². The molecule has 11 nitrogen and oxygen atoms in total. The zero-order valence-electron chi connectivity index (χ0n) is 19.0. The molecule has 0 atom stereocenters. The van der Waals surface area contributed by atoms with E-state index in [0.29, 0.717) is 49.1 Å². The summed E-state index contributed by atoms with van der Waals surface area (Å²) >= 11 is 0. The third-order valence-corrected chi connectivity index (χ3v) is 5.17.